The fraction of sp³-hybridized carbons (Fsp3) is 0.389. The van der Waals surface area contributed by atoms with Gasteiger partial charge in [-0.05, 0) is 37.1 Å². The van der Waals surface area contributed by atoms with E-state index in [0.717, 1.165) is 12.8 Å². The van der Waals surface area contributed by atoms with E-state index < -0.39 is 6.36 Å². The second-order valence-corrected chi connectivity index (χ2v) is 6.33. The molecule has 1 heterocycles. The lowest BCUT2D eigenvalue weighted by atomic mass is 9.95. The molecule has 1 saturated carbocycles. The third kappa shape index (κ3) is 5.57. The molecule has 3 rings (SSSR count). The van der Waals surface area contributed by atoms with Gasteiger partial charge in [-0.2, -0.15) is 0 Å². The fourth-order valence-corrected chi connectivity index (χ4v) is 2.98. The molecule has 1 fully saturated rings. The molecule has 144 valence electrons. The van der Waals surface area contributed by atoms with Gasteiger partial charge in [0.05, 0.1) is 5.57 Å². The number of anilines is 1. The van der Waals surface area contributed by atoms with Gasteiger partial charge in [-0.3, -0.25) is 5.41 Å². The molecular weight excluding hydrogens is 359 g/mol. The van der Waals surface area contributed by atoms with Gasteiger partial charge >= 0.3 is 6.36 Å². The van der Waals surface area contributed by atoms with Crippen LogP contribution in [0.4, 0.5) is 18.9 Å². The van der Waals surface area contributed by atoms with Crippen LogP contribution in [-0.4, -0.2) is 30.4 Å². The second-order valence-electron chi connectivity index (χ2n) is 6.33. The lowest BCUT2D eigenvalue weighted by molar-refractivity contribution is -0.274. The van der Waals surface area contributed by atoms with E-state index in [1.54, 1.807) is 6.20 Å². The number of aliphatic imine (C=N–C) groups is 2. The van der Waals surface area contributed by atoms with Crippen molar-refractivity contribution in [3.63, 3.8) is 0 Å². The fourth-order valence-electron chi connectivity index (χ4n) is 2.98. The van der Waals surface area contributed by atoms with Gasteiger partial charge in [-0.25, -0.2) is 9.98 Å². The predicted molar refractivity (Wildman–Crippen MR) is 98.5 cm³/mol. The molecule has 0 saturated heterocycles. The predicted octanol–water partition coefficient (Wildman–Crippen LogP) is 4.22. The highest BCUT2D eigenvalue weighted by Crippen LogP contribution is 2.24. The van der Waals surface area contributed by atoms with E-state index in [4.69, 9.17) is 5.41 Å². The molecular formula is C18H20F3N5O. The monoisotopic (exact) mass is 379 g/mol. The summed E-state index contributed by atoms with van der Waals surface area (Å²) in [6, 6.07) is 5.69. The molecule has 0 radical (unpaired) electrons. The minimum atomic E-state index is -4.73. The highest BCUT2D eigenvalue weighted by atomic mass is 19.4. The van der Waals surface area contributed by atoms with Crippen molar-refractivity contribution in [3.8, 4) is 5.75 Å². The Morgan fingerprint density at radius 1 is 1.11 bits per heavy atom. The number of hydrogen-bond donors (Lipinski definition) is 3. The summed E-state index contributed by atoms with van der Waals surface area (Å²) in [7, 11) is 0. The average molecular weight is 379 g/mol. The first-order valence-corrected chi connectivity index (χ1v) is 8.69. The maximum Gasteiger partial charge on any atom is 0.573 e. The smallest absolute Gasteiger partial charge is 0.406 e. The Morgan fingerprint density at radius 3 is 2.48 bits per heavy atom. The quantitative estimate of drug-likeness (QED) is 0.733. The molecule has 0 aromatic heterocycles. The highest BCUT2D eigenvalue weighted by molar-refractivity contribution is 6.30. The number of alkyl halides is 3. The molecule has 27 heavy (non-hydrogen) atoms. The molecule has 3 N–H and O–H groups in total. The van der Waals surface area contributed by atoms with Crippen LogP contribution in [0.3, 0.4) is 0 Å². The molecule has 6 nitrogen and oxygen atoms in total. The zero-order valence-electron chi connectivity index (χ0n) is 14.5. The van der Waals surface area contributed by atoms with Gasteiger partial charge < -0.3 is 15.4 Å². The van der Waals surface area contributed by atoms with Crippen molar-refractivity contribution in [2.75, 3.05) is 5.32 Å². The van der Waals surface area contributed by atoms with Crippen LogP contribution in [0.25, 0.3) is 0 Å². The molecule has 0 unspecified atom stereocenters. The van der Waals surface area contributed by atoms with Gasteiger partial charge in [-0.1, -0.05) is 19.3 Å². The van der Waals surface area contributed by atoms with E-state index >= 15 is 0 Å². The van der Waals surface area contributed by atoms with E-state index in [1.165, 1.54) is 49.9 Å². The number of rotatable bonds is 4. The lowest BCUT2D eigenvalue weighted by Crippen LogP contribution is -2.30. The maximum atomic E-state index is 12.2. The van der Waals surface area contributed by atoms with E-state index in [2.05, 4.69) is 25.4 Å². The summed E-state index contributed by atoms with van der Waals surface area (Å²) in [6.45, 7) is 0. The maximum absolute atomic E-state index is 12.2. The third-order valence-electron chi connectivity index (χ3n) is 4.30. The van der Waals surface area contributed by atoms with Crippen LogP contribution in [0.2, 0.25) is 0 Å². The number of hydrogen-bond acceptors (Lipinski definition) is 5. The second kappa shape index (κ2) is 8.24. The normalized spacial score (nSPS) is 19.7. The largest absolute Gasteiger partial charge is 0.573 e. The molecule has 0 atom stereocenters. The molecule has 2 aliphatic rings. The van der Waals surface area contributed by atoms with Crippen molar-refractivity contribution in [2.24, 2.45) is 9.98 Å². The Kier molecular flexibility index (Phi) is 5.78. The Morgan fingerprint density at radius 2 is 1.81 bits per heavy atom. The van der Waals surface area contributed by atoms with Gasteiger partial charge in [0.15, 0.2) is 5.84 Å². The Hall–Kier alpha value is -2.84. The summed E-state index contributed by atoms with van der Waals surface area (Å²) < 4.78 is 40.6. The van der Waals surface area contributed by atoms with Gasteiger partial charge in [0.2, 0.25) is 0 Å². The van der Waals surface area contributed by atoms with E-state index in [1.807, 2.05) is 0 Å². The van der Waals surface area contributed by atoms with Gasteiger partial charge in [-0.15, -0.1) is 13.2 Å². The van der Waals surface area contributed by atoms with E-state index in [9.17, 15) is 13.2 Å². The molecule has 1 aliphatic heterocycles. The Balaban J connectivity index is 1.68. The minimum absolute atomic E-state index is 0.0628. The number of halogens is 3. The summed E-state index contributed by atoms with van der Waals surface area (Å²) in [6.07, 6.45) is 4.06. The van der Waals surface area contributed by atoms with E-state index in [0.29, 0.717) is 23.1 Å². The number of nitrogens with one attached hydrogen (secondary N) is 3. The summed E-state index contributed by atoms with van der Waals surface area (Å²) in [5.41, 5.74) is 1.02. The van der Waals surface area contributed by atoms with Crippen LogP contribution in [0.1, 0.15) is 32.1 Å². The van der Waals surface area contributed by atoms with Crippen LogP contribution < -0.4 is 15.4 Å². The molecule has 0 amide bonds. The van der Waals surface area contributed by atoms with Gasteiger partial charge in [0.1, 0.15) is 17.9 Å². The SMILES string of the molecule is N=C1N=CN=C(Nc2ccc(OC(F)(F)F)cc2)/C1=C/NC1CCCCC1. The van der Waals surface area contributed by atoms with E-state index in [-0.39, 0.29) is 11.6 Å². The zero-order valence-corrected chi connectivity index (χ0v) is 14.5. The molecule has 1 aromatic rings. The van der Waals surface area contributed by atoms with Crippen LogP contribution in [0.15, 0.2) is 46.0 Å². The standard InChI is InChI=1S/C18H20F3N5O/c19-18(20,21)27-14-8-6-13(7-9-14)26-17-15(16(22)24-11-25-17)10-23-12-4-2-1-3-5-12/h6-12,23H,1-5H2,(H2,22,24,25,26)/b15-10+. The molecule has 1 aliphatic carbocycles. The van der Waals surface area contributed by atoms with Crippen LogP contribution in [0.5, 0.6) is 5.75 Å². The highest BCUT2D eigenvalue weighted by Gasteiger charge is 2.31. The van der Waals surface area contributed by atoms with Crippen molar-refractivity contribution in [1.82, 2.24) is 5.32 Å². The van der Waals surface area contributed by atoms with Crippen molar-refractivity contribution < 1.29 is 17.9 Å². The van der Waals surface area contributed by atoms with Crippen LogP contribution in [0, 0.1) is 5.41 Å². The minimum Gasteiger partial charge on any atom is -0.406 e. The molecule has 9 heteroatoms. The first-order chi connectivity index (χ1) is 12.9. The summed E-state index contributed by atoms with van der Waals surface area (Å²) in [4.78, 5) is 8.05. The molecule has 0 spiro atoms. The molecule has 0 bridgehead atoms. The van der Waals surface area contributed by atoms with Crippen molar-refractivity contribution >= 4 is 23.7 Å². The summed E-state index contributed by atoms with van der Waals surface area (Å²) in [5, 5.41) is 14.4. The Labute approximate surface area is 154 Å². The zero-order chi connectivity index (χ0) is 19.3. The summed E-state index contributed by atoms with van der Waals surface area (Å²) >= 11 is 0. The van der Waals surface area contributed by atoms with Crippen molar-refractivity contribution in [1.29, 1.82) is 5.41 Å². The number of nitrogens with zero attached hydrogens (tertiary/aromatic N) is 2. The number of benzene rings is 1. The first kappa shape index (κ1) is 18.9. The van der Waals surface area contributed by atoms with Gasteiger partial charge in [0.25, 0.3) is 0 Å². The topological polar surface area (TPSA) is 81.9 Å². The number of ether oxygens (including phenoxy) is 1. The van der Waals surface area contributed by atoms with Crippen LogP contribution >= 0.6 is 0 Å². The van der Waals surface area contributed by atoms with Crippen molar-refractivity contribution in [2.45, 2.75) is 44.5 Å². The average Bonchev–Trinajstić information content (AvgIpc) is 2.62. The number of amidine groups is 2. The summed E-state index contributed by atoms with van der Waals surface area (Å²) in [5.74, 6) is 0.165. The third-order valence-corrected chi connectivity index (χ3v) is 4.30. The Bertz CT molecular complexity index is 762. The molecule has 1 aromatic carbocycles. The van der Waals surface area contributed by atoms with Crippen molar-refractivity contribution in [3.05, 3.63) is 36.0 Å². The van der Waals surface area contributed by atoms with Gasteiger partial charge in [0, 0.05) is 17.9 Å². The van der Waals surface area contributed by atoms with Crippen LogP contribution in [-0.2, 0) is 0 Å². The first-order valence-electron chi connectivity index (χ1n) is 8.69. The lowest BCUT2D eigenvalue weighted by Gasteiger charge is -2.23.